The van der Waals surface area contributed by atoms with Gasteiger partial charge in [0.05, 0.1) is 18.9 Å². The number of rotatable bonds is 21. The second-order valence-electron chi connectivity index (χ2n) is 11.0. The van der Waals surface area contributed by atoms with Crippen molar-refractivity contribution in [2.45, 2.75) is 136 Å². The Bertz CT molecular complexity index is 878. The summed E-state index contributed by atoms with van der Waals surface area (Å²) < 4.78 is 12.1. The van der Waals surface area contributed by atoms with Gasteiger partial charge in [-0.2, -0.15) is 0 Å². The van der Waals surface area contributed by atoms with Gasteiger partial charge in [0.15, 0.2) is 0 Å². The van der Waals surface area contributed by atoms with E-state index in [0.29, 0.717) is 0 Å². The number of benzene rings is 1. The molecular weight excluding hydrogens is 454 g/mol. The maximum absolute atomic E-state index is 6.10. The molecule has 0 saturated heterocycles. The summed E-state index contributed by atoms with van der Waals surface area (Å²) >= 11 is 0. The van der Waals surface area contributed by atoms with Crippen molar-refractivity contribution in [1.29, 1.82) is 0 Å². The summed E-state index contributed by atoms with van der Waals surface area (Å²) in [6.07, 6.45) is 24.6. The Morgan fingerprint density at radius 1 is 0.568 bits per heavy atom. The lowest BCUT2D eigenvalue weighted by atomic mass is 9.88. The summed E-state index contributed by atoms with van der Waals surface area (Å²) in [5.41, 5.74) is 5.11. The number of unbranched alkanes of at least 4 members (excludes halogenated alkanes) is 15. The van der Waals surface area contributed by atoms with E-state index in [-0.39, 0.29) is 0 Å². The number of nitrogens with zero attached hydrogens (tertiary/aromatic N) is 1. The lowest BCUT2D eigenvalue weighted by molar-refractivity contribution is 0.292. The maximum Gasteiger partial charge on any atom is 0.213 e. The number of fused-ring (bicyclic) bond motifs is 3. The van der Waals surface area contributed by atoms with Crippen molar-refractivity contribution in [2.75, 3.05) is 13.2 Å². The van der Waals surface area contributed by atoms with Crippen molar-refractivity contribution in [1.82, 2.24) is 4.98 Å². The molecule has 1 heterocycles. The first kappa shape index (κ1) is 29.5. The van der Waals surface area contributed by atoms with E-state index in [4.69, 9.17) is 14.5 Å². The molecule has 0 saturated carbocycles. The van der Waals surface area contributed by atoms with Crippen LogP contribution in [0.5, 0.6) is 11.6 Å². The van der Waals surface area contributed by atoms with Crippen molar-refractivity contribution < 1.29 is 9.47 Å². The first-order valence-electron chi connectivity index (χ1n) is 15.7. The van der Waals surface area contributed by atoms with Gasteiger partial charge in [0.25, 0.3) is 0 Å². The first-order chi connectivity index (χ1) is 18.3. The van der Waals surface area contributed by atoms with Crippen molar-refractivity contribution in [3.8, 4) is 22.8 Å². The number of pyridine rings is 1. The van der Waals surface area contributed by atoms with Gasteiger partial charge >= 0.3 is 0 Å². The molecule has 206 valence electrons. The van der Waals surface area contributed by atoms with Crippen LogP contribution in [0.4, 0.5) is 0 Å². The smallest absolute Gasteiger partial charge is 0.213 e. The summed E-state index contributed by atoms with van der Waals surface area (Å²) in [7, 11) is 0. The average molecular weight is 508 g/mol. The molecule has 0 bridgehead atoms. The number of ether oxygens (including phenoxy) is 2. The standard InChI is InChI=1S/C34H53NO2/c1-3-5-7-9-11-13-15-16-18-26-36-30-21-22-31-29(28-30)20-24-33-32(31)23-25-34(35-33)37-27-19-17-14-12-10-8-6-4-2/h21-23,25,28H,3-20,24,26-27H2,1-2H3. The van der Waals surface area contributed by atoms with Crippen LogP contribution in [-0.2, 0) is 12.8 Å². The normalized spacial score (nSPS) is 12.3. The molecule has 1 aliphatic rings. The van der Waals surface area contributed by atoms with Crippen LogP contribution in [-0.4, -0.2) is 18.2 Å². The fourth-order valence-electron chi connectivity index (χ4n) is 5.40. The Morgan fingerprint density at radius 2 is 1.11 bits per heavy atom. The molecule has 0 unspecified atom stereocenters. The van der Waals surface area contributed by atoms with E-state index in [1.54, 1.807) is 0 Å². The zero-order valence-corrected chi connectivity index (χ0v) is 24.0. The van der Waals surface area contributed by atoms with Crippen molar-refractivity contribution in [3.05, 3.63) is 41.6 Å². The van der Waals surface area contributed by atoms with Crippen LogP contribution in [0.1, 0.15) is 134 Å². The van der Waals surface area contributed by atoms with Crippen molar-refractivity contribution >= 4 is 0 Å². The Morgan fingerprint density at radius 3 is 1.73 bits per heavy atom. The third kappa shape index (κ3) is 11.1. The predicted octanol–water partition coefficient (Wildman–Crippen LogP) is 10.3. The second kappa shape index (κ2) is 18.3. The van der Waals surface area contributed by atoms with Gasteiger partial charge in [-0.3, -0.25) is 0 Å². The van der Waals surface area contributed by atoms with Crippen LogP contribution in [0.2, 0.25) is 0 Å². The van der Waals surface area contributed by atoms with Gasteiger partial charge in [-0.25, -0.2) is 4.98 Å². The lowest BCUT2D eigenvalue weighted by Gasteiger charge is -2.20. The highest BCUT2D eigenvalue weighted by molar-refractivity contribution is 5.73. The Kier molecular flexibility index (Phi) is 14.6. The van der Waals surface area contributed by atoms with E-state index >= 15 is 0 Å². The van der Waals surface area contributed by atoms with Gasteiger partial charge in [0, 0.05) is 11.6 Å². The largest absolute Gasteiger partial charge is 0.494 e. The topological polar surface area (TPSA) is 31.4 Å². The van der Waals surface area contributed by atoms with E-state index in [9.17, 15) is 0 Å². The minimum Gasteiger partial charge on any atom is -0.494 e. The average Bonchev–Trinajstić information content (AvgIpc) is 2.92. The van der Waals surface area contributed by atoms with E-state index < -0.39 is 0 Å². The summed E-state index contributed by atoms with van der Waals surface area (Å²) in [6.45, 7) is 6.16. The molecule has 0 spiro atoms. The second-order valence-corrected chi connectivity index (χ2v) is 11.0. The molecule has 1 aromatic heterocycles. The monoisotopic (exact) mass is 507 g/mol. The highest BCUT2D eigenvalue weighted by atomic mass is 16.5. The van der Waals surface area contributed by atoms with Gasteiger partial charge in [0.1, 0.15) is 5.75 Å². The van der Waals surface area contributed by atoms with E-state index in [1.807, 2.05) is 6.07 Å². The van der Waals surface area contributed by atoms with Gasteiger partial charge in [0.2, 0.25) is 5.88 Å². The van der Waals surface area contributed by atoms with Crippen LogP contribution in [0.25, 0.3) is 11.1 Å². The van der Waals surface area contributed by atoms with Crippen LogP contribution >= 0.6 is 0 Å². The molecule has 37 heavy (non-hydrogen) atoms. The molecule has 0 N–H and O–H groups in total. The van der Waals surface area contributed by atoms with Crippen LogP contribution in [0, 0.1) is 0 Å². The summed E-state index contributed by atoms with van der Waals surface area (Å²) in [5.74, 6) is 1.80. The fraction of sp³-hybridized carbons (Fsp3) is 0.676. The molecule has 3 rings (SSSR count). The maximum atomic E-state index is 6.10. The molecule has 3 heteroatoms. The van der Waals surface area contributed by atoms with Crippen molar-refractivity contribution in [3.63, 3.8) is 0 Å². The summed E-state index contributed by atoms with van der Waals surface area (Å²) in [5, 5.41) is 0. The zero-order chi connectivity index (χ0) is 26.0. The van der Waals surface area contributed by atoms with E-state index in [2.05, 4.69) is 38.1 Å². The predicted molar refractivity (Wildman–Crippen MR) is 158 cm³/mol. The molecule has 1 aromatic carbocycles. The number of aryl methyl sites for hydroxylation is 2. The molecule has 3 nitrogen and oxygen atoms in total. The van der Waals surface area contributed by atoms with Crippen LogP contribution in [0.3, 0.4) is 0 Å². The van der Waals surface area contributed by atoms with E-state index in [1.165, 1.54) is 119 Å². The number of hydrogen-bond acceptors (Lipinski definition) is 3. The van der Waals surface area contributed by atoms with Gasteiger partial charge in [-0.15, -0.1) is 0 Å². The molecule has 0 fully saturated rings. The molecule has 2 aromatic rings. The Hall–Kier alpha value is -2.03. The highest BCUT2D eigenvalue weighted by Gasteiger charge is 2.18. The lowest BCUT2D eigenvalue weighted by Crippen LogP contribution is -2.08. The van der Waals surface area contributed by atoms with Crippen LogP contribution in [0.15, 0.2) is 30.3 Å². The first-order valence-corrected chi connectivity index (χ1v) is 15.7. The highest BCUT2D eigenvalue weighted by Crippen LogP contribution is 2.35. The minimum atomic E-state index is 0.775. The van der Waals surface area contributed by atoms with Crippen LogP contribution < -0.4 is 9.47 Å². The molecule has 0 aliphatic heterocycles. The van der Waals surface area contributed by atoms with Gasteiger partial charge in [-0.1, -0.05) is 116 Å². The van der Waals surface area contributed by atoms with Gasteiger partial charge < -0.3 is 9.47 Å². The summed E-state index contributed by atoms with van der Waals surface area (Å²) in [6, 6.07) is 10.9. The zero-order valence-electron chi connectivity index (χ0n) is 24.0. The molecule has 0 amide bonds. The molecule has 1 aliphatic carbocycles. The van der Waals surface area contributed by atoms with E-state index in [0.717, 1.165) is 50.5 Å². The quantitative estimate of drug-likeness (QED) is 0.157. The Balaban J connectivity index is 1.34. The minimum absolute atomic E-state index is 0.775. The summed E-state index contributed by atoms with van der Waals surface area (Å²) in [4.78, 5) is 4.85. The number of aromatic nitrogens is 1. The molecule has 0 radical (unpaired) electrons. The van der Waals surface area contributed by atoms with Crippen molar-refractivity contribution in [2.24, 2.45) is 0 Å². The SMILES string of the molecule is CCCCCCCCCCCOc1ccc2c(c1)CCc1nc(OCCCCCCCCCC)ccc1-2. The number of hydrogen-bond donors (Lipinski definition) is 0. The molecular formula is C34H53NO2. The molecule has 0 atom stereocenters. The van der Waals surface area contributed by atoms with Gasteiger partial charge in [-0.05, 0) is 55.0 Å². The Labute approximate surface area is 227 Å². The third-order valence-electron chi connectivity index (χ3n) is 7.71. The fourth-order valence-corrected chi connectivity index (χ4v) is 5.40. The third-order valence-corrected chi connectivity index (χ3v) is 7.71.